The van der Waals surface area contributed by atoms with E-state index in [1.54, 1.807) is 0 Å². The molecule has 0 aliphatic heterocycles. The zero-order valence-corrected chi connectivity index (χ0v) is 12.5. The van der Waals surface area contributed by atoms with Crippen LogP contribution in [0.5, 0.6) is 0 Å². The van der Waals surface area contributed by atoms with Crippen molar-refractivity contribution in [1.82, 2.24) is 10.3 Å². The van der Waals surface area contributed by atoms with Crippen molar-refractivity contribution in [2.75, 3.05) is 13.7 Å². The fourth-order valence-electron chi connectivity index (χ4n) is 1.91. The third kappa shape index (κ3) is 3.38. The maximum absolute atomic E-state index is 13.6. The molecule has 0 bridgehead atoms. The van der Waals surface area contributed by atoms with Gasteiger partial charge in [-0.1, -0.05) is 11.6 Å². The molecule has 0 aliphatic rings. The van der Waals surface area contributed by atoms with Gasteiger partial charge >= 0.3 is 5.97 Å². The number of esters is 1. The van der Waals surface area contributed by atoms with E-state index in [1.807, 2.05) is 0 Å². The minimum Gasteiger partial charge on any atom is -0.467 e. The second kappa shape index (κ2) is 6.84. The number of pyridine rings is 1. The summed E-state index contributed by atoms with van der Waals surface area (Å²) in [6.45, 7) is -0.694. The van der Waals surface area contributed by atoms with Crippen LogP contribution in [0.4, 0.5) is 8.78 Å². The molecule has 0 saturated heterocycles. The van der Waals surface area contributed by atoms with Crippen LogP contribution < -0.4 is 5.32 Å². The summed E-state index contributed by atoms with van der Waals surface area (Å²) in [6, 6.07) is 0.280. The van der Waals surface area contributed by atoms with E-state index in [9.17, 15) is 18.4 Å². The van der Waals surface area contributed by atoms with E-state index in [2.05, 4.69) is 15.0 Å². The number of aliphatic hydroxyl groups excluding tert-OH is 1. The number of carbonyl (C=O) groups excluding carboxylic acids is 2. The lowest BCUT2D eigenvalue weighted by molar-refractivity contribution is -0.143. The van der Waals surface area contributed by atoms with Gasteiger partial charge in [-0.05, 0) is 6.07 Å². The normalized spacial score (nSPS) is 12.0. The van der Waals surface area contributed by atoms with Crippen molar-refractivity contribution in [3.05, 3.63) is 40.6 Å². The number of ether oxygens (including phenoxy) is 1. The Kier molecular flexibility index (Phi) is 5.07. The van der Waals surface area contributed by atoms with Crippen molar-refractivity contribution in [3.63, 3.8) is 0 Å². The van der Waals surface area contributed by atoms with Crippen molar-refractivity contribution >= 4 is 34.4 Å². The second-order valence-electron chi connectivity index (χ2n) is 4.50. The predicted molar refractivity (Wildman–Crippen MR) is 77.0 cm³/mol. The fourth-order valence-corrected chi connectivity index (χ4v) is 2.19. The number of rotatable bonds is 4. The maximum atomic E-state index is 13.6. The number of halogens is 3. The van der Waals surface area contributed by atoms with Crippen LogP contribution >= 0.6 is 11.6 Å². The number of benzene rings is 1. The first-order valence-electron chi connectivity index (χ1n) is 6.31. The Hall–Kier alpha value is -2.32. The number of nitrogens with one attached hydrogen (secondary N) is 1. The lowest BCUT2D eigenvalue weighted by Gasteiger charge is -2.14. The van der Waals surface area contributed by atoms with Crippen LogP contribution in [0.3, 0.4) is 0 Å². The summed E-state index contributed by atoms with van der Waals surface area (Å²) in [5, 5.41) is 11.0. The van der Waals surface area contributed by atoms with Crippen molar-refractivity contribution < 1.29 is 28.2 Å². The average molecular weight is 345 g/mol. The number of carbonyl (C=O) groups is 2. The van der Waals surface area contributed by atoms with Crippen LogP contribution in [0.1, 0.15) is 10.4 Å². The molecule has 2 aromatic rings. The first-order valence-corrected chi connectivity index (χ1v) is 6.69. The van der Waals surface area contributed by atoms with Gasteiger partial charge in [-0.3, -0.25) is 9.78 Å². The molecule has 0 fully saturated rings. The predicted octanol–water partition coefficient (Wildman–Crippen LogP) is 1.43. The summed E-state index contributed by atoms with van der Waals surface area (Å²) in [6.07, 6.45) is 0.993. The molecule has 0 aliphatic carbocycles. The Balaban J connectivity index is 2.42. The van der Waals surface area contributed by atoms with Gasteiger partial charge in [-0.15, -0.1) is 0 Å². The van der Waals surface area contributed by atoms with E-state index in [0.29, 0.717) is 6.07 Å². The van der Waals surface area contributed by atoms with Gasteiger partial charge in [-0.25, -0.2) is 13.6 Å². The SMILES string of the molecule is COC(=O)[C@H](CO)NC(=O)c1cnc2c(F)cc(F)cc2c1Cl. The number of amides is 1. The first kappa shape index (κ1) is 17.0. The van der Waals surface area contributed by atoms with Gasteiger partial charge in [0.2, 0.25) is 0 Å². The quantitative estimate of drug-likeness (QED) is 0.819. The first-order chi connectivity index (χ1) is 10.9. The summed E-state index contributed by atoms with van der Waals surface area (Å²) in [4.78, 5) is 27.2. The lowest BCUT2D eigenvalue weighted by Crippen LogP contribution is -2.44. The van der Waals surface area contributed by atoms with Crippen LogP contribution in [-0.2, 0) is 9.53 Å². The van der Waals surface area contributed by atoms with Gasteiger partial charge in [0.05, 0.1) is 24.3 Å². The molecule has 0 saturated carbocycles. The van der Waals surface area contributed by atoms with Crippen LogP contribution in [0.25, 0.3) is 10.9 Å². The van der Waals surface area contributed by atoms with Crippen molar-refractivity contribution in [2.24, 2.45) is 0 Å². The largest absolute Gasteiger partial charge is 0.467 e. The summed E-state index contributed by atoms with van der Waals surface area (Å²) in [5.41, 5.74) is -0.397. The van der Waals surface area contributed by atoms with E-state index >= 15 is 0 Å². The van der Waals surface area contributed by atoms with Crippen molar-refractivity contribution in [2.45, 2.75) is 6.04 Å². The Morgan fingerprint density at radius 3 is 2.74 bits per heavy atom. The Bertz CT molecular complexity index is 785. The van der Waals surface area contributed by atoms with Crippen LogP contribution in [0.2, 0.25) is 5.02 Å². The molecular weight excluding hydrogens is 334 g/mol. The molecule has 122 valence electrons. The van der Waals surface area contributed by atoms with Crippen LogP contribution in [-0.4, -0.2) is 41.7 Å². The monoisotopic (exact) mass is 344 g/mol. The molecule has 0 radical (unpaired) electrons. The molecule has 2 rings (SSSR count). The molecule has 2 N–H and O–H groups in total. The topological polar surface area (TPSA) is 88.5 Å². The zero-order valence-electron chi connectivity index (χ0n) is 11.8. The number of nitrogens with zero attached hydrogens (tertiary/aromatic N) is 1. The lowest BCUT2D eigenvalue weighted by atomic mass is 10.1. The highest BCUT2D eigenvalue weighted by Gasteiger charge is 2.23. The summed E-state index contributed by atoms with van der Waals surface area (Å²) < 4.78 is 31.3. The maximum Gasteiger partial charge on any atom is 0.330 e. The summed E-state index contributed by atoms with van der Waals surface area (Å²) >= 11 is 6.01. The van der Waals surface area contributed by atoms with Gasteiger partial charge in [0, 0.05) is 17.6 Å². The molecule has 0 spiro atoms. The number of fused-ring (bicyclic) bond motifs is 1. The van der Waals surface area contributed by atoms with Crippen LogP contribution in [0, 0.1) is 11.6 Å². The number of aliphatic hydroxyl groups is 1. The number of hydrogen-bond donors (Lipinski definition) is 2. The molecule has 0 unspecified atom stereocenters. The standard InChI is InChI=1S/C14H11ClF2N2O4/c1-23-14(22)10(5-20)19-13(21)8-4-18-12-7(11(8)15)2-6(16)3-9(12)17/h2-4,10,20H,5H2,1H3,(H,19,21)/t10-/m0/s1. The molecule has 23 heavy (non-hydrogen) atoms. The van der Waals surface area contributed by atoms with Gasteiger partial charge < -0.3 is 15.2 Å². The number of aromatic nitrogens is 1. The minimum absolute atomic E-state index is 0.0876. The van der Waals surface area contributed by atoms with E-state index in [0.717, 1.165) is 19.4 Å². The highest BCUT2D eigenvalue weighted by atomic mass is 35.5. The molecule has 1 atom stereocenters. The van der Waals surface area contributed by atoms with Crippen molar-refractivity contribution in [1.29, 1.82) is 0 Å². The van der Waals surface area contributed by atoms with E-state index in [-0.39, 0.29) is 21.5 Å². The van der Waals surface area contributed by atoms with Gasteiger partial charge in [0.1, 0.15) is 11.3 Å². The zero-order chi connectivity index (χ0) is 17.1. The summed E-state index contributed by atoms with van der Waals surface area (Å²) in [5.74, 6) is -3.50. The Labute approximate surface area is 134 Å². The third-order valence-corrected chi connectivity index (χ3v) is 3.45. The molecule has 1 amide bonds. The highest BCUT2D eigenvalue weighted by Crippen LogP contribution is 2.28. The Morgan fingerprint density at radius 2 is 2.13 bits per heavy atom. The van der Waals surface area contributed by atoms with Gasteiger partial charge in [-0.2, -0.15) is 0 Å². The Morgan fingerprint density at radius 1 is 1.43 bits per heavy atom. The van der Waals surface area contributed by atoms with E-state index in [1.165, 1.54) is 0 Å². The smallest absolute Gasteiger partial charge is 0.330 e. The van der Waals surface area contributed by atoms with Gasteiger partial charge in [0.15, 0.2) is 11.9 Å². The number of methoxy groups -OCH3 is 1. The third-order valence-electron chi connectivity index (χ3n) is 3.04. The average Bonchev–Trinajstić information content (AvgIpc) is 2.52. The molecule has 1 aromatic heterocycles. The molecular formula is C14H11ClF2N2O4. The van der Waals surface area contributed by atoms with Gasteiger partial charge in [0.25, 0.3) is 5.91 Å². The van der Waals surface area contributed by atoms with Crippen molar-refractivity contribution in [3.8, 4) is 0 Å². The second-order valence-corrected chi connectivity index (χ2v) is 4.88. The molecule has 9 heteroatoms. The van der Waals surface area contributed by atoms with E-state index in [4.69, 9.17) is 16.7 Å². The van der Waals surface area contributed by atoms with Crippen LogP contribution in [0.15, 0.2) is 18.3 Å². The highest BCUT2D eigenvalue weighted by molar-refractivity contribution is 6.38. The number of hydrogen-bond acceptors (Lipinski definition) is 5. The fraction of sp³-hybridized carbons (Fsp3) is 0.214. The molecule has 1 aromatic carbocycles. The van der Waals surface area contributed by atoms with E-state index < -0.39 is 36.2 Å². The minimum atomic E-state index is -1.30. The molecule has 6 nitrogen and oxygen atoms in total. The summed E-state index contributed by atoms with van der Waals surface area (Å²) in [7, 11) is 1.09. The molecule has 1 heterocycles.